The van der Waals surface area contributed by atoms with E-state index in [-0.39, 0.29) is 11.0 Å². The molecule has 6 heteroatoms. The molecule has 0 saturated carbocycles. The van der Waals surface area contributed by atoms with E-state index in [0.717, 1.165) is 0 Å². The summed E-state index contributed by atoms with van der Waals surface area (Å²) in [7, 11) is 3.19. The summed E-state index contributed by atoms with van der Waals surface area (Å²) in [5.74, 6) is 1.89. The molecule has 0 aliphatic rings. The zero-order chi connectivity index (χ0) is 23.6. The minimum absolute atomic E-state index is 0.108. The minimum atomic E-state index is -0.130. The highest BCUT2D eigenvalue weighted by molar-refractivity contribution is 7.98. The number of hydrogen-bond acceptors (Lipinski definition) is 5. The molecule has 0 spiro atoms. The van der Waals surface area contributed by atoms with Crippen LogP contribution in [0.15, 0.2) is 76.7 Å². The Kier molecular flexibility index (Phi) is 6.47. The number of fused-ring (bicyclic) bond motifs is 1. The SMILES string of the molecule is COc1ccc(-n2c(SCc3ccc(C(C)(C)C)cc3)nc3ccccc3c2=O)c(OC)c1. The first-order valence-electron chi connectivity index (χ1n) is 10.8. The summed E-state index contributed by atoms with van der Waals surface area (Å²) in [5.41, 5.74) is 3.75. The van der Waals surface area contributed by atoms with Crippen LogP contribution in [0.25, 0.3) is 16.6 Å². The first-order chi connectivity index (χ1) is 15.8. The molecule has 0 unspecified atom stereocenters. The molecule has 3 aromatic carbocycles. The van der Waals surface area contributed by atoms with E-state index in [1.807, 2.05) is 30.3 Å². The van der Waals surface area contributed by atoms with Gasteiger partial charge in [0.25, 0.3) is 5.56 Å². The summed E-state index contributed by atoms with van der Waals surface area (Å²) < 4.78 is 12.6. The molecule has 0 saturated heterocycles. The number of ether oxygens (including phenoxy) is 2. The van der Waals surface area contributed by atoms with Crippen LogP contribution in [0.1, 0.15) is 31.9 Å². The second-order valence-electron chi connectivity index (χ2n) is 8.83. The summed E-state index contributed by atoms with van der Waals surface area (Å²) in [6.07, 6.45) is 0. The molecule has 4 rings (SSSR count). The molecule has 0 amide bonds. The Morgan fingerprint density at radius 2 is 1.67 bits per heavy atom. The minimum Gasteiger partial charge on any atom is -0.497 e. The fraction of sp³-hybridized carbons (Fsp3) is 0.259. The fourth-order valence-corrected chi connectivity index (χ4v) is 4.60. The van der Waals surface area contributed by atoms with Gasteiger partial charge < -0.3 is 9.47 Å². The van der Waals surface area contributed by atoms with Gasteiger partial charge in [-0.2, -0.15) is 0 Å². The lowest BCUT2D eigenvalue weighted by molar-refractivity contribution is 0.392. The van der Waals surface area contributed by atoms with Gasteiger partial charge in [0.05, 0.1) is 30.8 Å². The van der Waals surface area contributed by atoms with Crippen molar-refractivity contribution >= 4 is 22.7 Å². The van der Waals surface area contributed by atoms with E-state index in [2.05, 4.69) is 45.0 Å². The lowest BCUT2D eigenvalue weighted by Crippen LogP contribution is -2.22. The normalized spacial score (nSPS) is 11.5. The van der Waals surface area contributed by atoms with Crippen LogP contribution in [0.3, 0.4) is 0 Å². The van der Waals surface area contributed by atoms with Crippen LogP contribution in [0.5, 0.6) is 11.5 Å². The van der Waals surface area contributed by atoms with Crippen LogP contribution in [0, 0.1) is 0 Å². The Bertz CT molecular complexity index is 1340. The maximum atomic E-state index is 13.6. The molecule has 170 valence electrons. The highest BCUT2D eigenvalue weighted by atomic mass is 32.2. The number of hydrogen-bond donors (Lipinski definition) is 0. The number of nitrogens with zero attached hydrogens (tertiary/aromatic N) is 2. The van der Waals surface area contributed by atoms with Crippen molar-refractivity contribution in [2.45, 2.75) is 37.1 Å². The zero-order valence-electron chi connectivity index (χ0n) is 19.6. The topological polar surface area (TPSA) is 53.4 Å². The fourth-order valence-electron chi connectivity index (χ4n) is 3.64. The van der Waals surface area contributed by atoms with Crippen molar-refractivity contribution in [1.29, 1.82) is 0 Å². The van der Waals surface area contributed by atoms with Gasteiger partial charge in [-0.15, -0.1) is 0 Å². The van der Waals surface area contributed by atoms with Gasteiger partial charge in [0.1, 0.15) is 11.5 Å². The van der Waals surface area contributed by atoms with E-state index in [4.69, 9.17) is 14.5 Å². The highest BCUT2D eigenvalue weighted by Gasteiger charge is 2.18. The first kappa shape index (κ1) is 22.9. The molecular formula is C27H28N2O3S. The van der Waals surface area contributed by atoms with Gasteiger partial charge in [0.15, 0.2) is 5.16 Å². The molecule has 0 aliphatic heterocycles. The maximum Gasteiger partial charge on any atom is 0.266 e. The van der Waals surface area contributed by atoms with Crippen molar-refractivity contribution in [2.75, 3.05) is 14.2 Å². The molecule has 0 fully saturated rings. The number of methoxy groups -OCH3 is 2. The average Bonchev–Trinajstić information content (AvgIpc) is 2.82. The van der Waals surface area contributed by atoms with Crippen LogP contribution in [0.2, 0.25) is 0 Å². The van der Waals surface area contributed by atoms with E-state index in [0.29, 0.717) is 39.0 Å². The van der Waals surface area contributed by atoms with Crippen molar-refractivity contribution in [2.24, 2.45) is 0 Å². The third kappa shape index (κ3) is 4.76. The van der Waals surface area contributed by atoms with Crippen molar-refractivity contribution in [3.05, 3.63) is 88.2 Å². The van der Waals surface area contributed by atoms with Crippen molar-refractivity contribution in [3.8, 4) is 17.2 Å². The van der Waals surface area contributed by atoms with Crippen LogP contribution in [0.4, 0.5) is 0 Å². The molecular weight excluding hydrogens is 432 g/mol. The Morgan fingerprint density at radius 1 is 0.939 bits per heavy atom. The Morgan fingerprint density at radius 3 is 2.33 bits per heavy atom. The Labute approximate surface area is 198 Å². The highest BCUT2D eigenvalue weighted by Crippen LogP contribution is 2.32. The van der Waals surface area contributed by atoms with Crippen LogP contribution >= 0.6 is 11.8 Å². The van der Waals surface area contributed by atoms with Crippen molar-refractivity contribution in [1.82, 2.24) is 9.55 Å². The second-order valence-corrected chi connectivity index (χ2v) is 9.77. The predicted octanol–water partition coefficient (Wildman–Crippen LogP) is 5.99. The first-order valence-corrected chi connectivity index (χ1v) is 11.8. The molecule has 1 heterocycles. The number of aromatic nitrogens is 2. The summed E-state index contributed by atoms with van der Waals surface area (Å²) in [4.78, 5) is 18.4. The van der Waals surface area contributed by atoms with E-state index in [9.17, 15) is 4.79 Å². The van der Waals surface area contributed by atoms with Crippen molar-refractivity contribution in [3.63, 3.8) is 0 Å². The van der Waals surface area contributed by atoms with Gasteiger partial charge in [-0.25, -0.2) is 4.98 Å². The average molecular weight is 461 g/mol. The number of para-hydroxylation sites is 1. The zero-order valence-corrected chi connectivity index (χ0v) is 20.4. The summed E-state index contributed by atoms with van der Waals surface area (Å²) >= 11 is 1.53. The molecule has 0 bridgehead atoms. The Balaban J connectivity index is 1.79. The van der Waals surface area contributed by atoms with Crippen LogP contribution in [-0.2, 0) is 11.2 Å². The van der Waals surface area contributed by atoms with E-state index in [1.54, 1.807) is 30.9 Å². The quantitative estimate of drug-likeness (QED) is 0.261. The molecule has 33 heavy (non-hydrogen) atoms. The van der Waals surface area contributed by atoms with Crippen LogP contribution in [-0.4, -0.2) is 23.8 Å². The molecule has 1 aromatic heterocycles. The molecule has 0 N–H and O–H groups in total. The lowest BCUT2D eigenvalue weighted by atomic mass is 9.87. The molecule has 0 aliphatic carbocycles. The predicted molar refractivity (Wildman–Crippen MR) is 135 cm³/mol. The third-order valence-electron chi connectivity index (χ3n) is 5.56. The lowest BCUT2D eigenvalue weighted by Gasteiger charge is -2.19. The number of benzene rings is 3. The van der Waals surface area contributed by atoms with Gasteiger partial charge in [-0.3, -0.25) is 9.36 Å². The third-order valence-corrected chi connectivity index (χ3v) is 6.57. The van der Waals surface area contributed by atoms with Gasteiger partial charge in [-0.1, -0.05) is 68.9 Å². The molecule has 0 atom stereocenters. The monoisotopic (exact) mass is 460 g/mol. The maximum absolute atomic E-state index is 13.6. The Hall–Kier alpha value is -3.25. The van der Waals surface area contributed by atoms with Gasteiger partial charge in [0, 0.05) is 11.8 Å². The van der Waals surface area contributed by atoms with Crippen LogP contribution < -0.4 is 15.0 Å². The summed E-state index contributed by atoms with van der Waals surface area (Å²) in [6.45, 7) is 6.62. The molecule has 0 radical (unpaired) electrons. The van der Waals surface area contributed by atoms with E-state index < -0.39 is 0 Å². The second kappa shape index (κ2) is 9.32. The molecule has 5 nitrogen and oxygen atoms in total. The van der Waals surface area contributed by atoms with Crippen molar-refractivity contribution < 1.29 is 9.47 Å². The summed E-state index contributed by atoms with van der Waals surface area (Å²) in [6, 6.07) is 21.5. The van der Waals surface area contributed by atoms with E-state index >= 15 is 0 Å². The molecule has 4 aromatic rings. The smallest absolute Gasteiger partial charge is 0.266 e. The number of rotatable bonds is 6. The largest absolute Gasteiger partial charge is 0.497 e. The van der Waals surface area contributed by atoms with E-state index in [1.165, 1.54) is 22.9 Å². The standard InChI is InChI=1S/C27H28N2O3S/c1-27(2,3)19-12-10-18(11-13-19)17-33-26-28-22-9-7-6-8-21(22)25(30)29(26)23-15-14-20(31-4)16-24(23)32-5/h6-16H,17H2,1-5H3. The van der Waals surface area contributed by atoms with Gasteiger partial charge >= 0.3 is 0 Å². The number of thioether (sulfide) groups is 1. The van der Waals surface area contributed by atoms with Gasteiger partial charge in [-0.05, 0) is 40.8 Å². The van der Waals surface area contributed by atoms with Gasteiger partial charge in [0.2, 0.25) is 0 Å². The summed E-state index contributed by atoms with van der Waals surface area (Å²) in [5, 5.41) is 1.18.